The Balaban J connectivity index is 0.000000383. The number of piperidine rings is 1. The van der Waals surface area contributed by atoms with Gasteiger partial charge in [-0.25, -0.2) is 4.79 Å². The molecular formula is C23H26F3N3O4. The van der Waals surface area contributed by atoms with Crippen molar-refractivity contribution in [2.45, 2.75) is 31.3 Å². The number of methoxy groups -OCH3 is 1. The van der Waals surface area contributed by atoms with Crippen molar-refractivity contribution >= 4 is 11.9 Å². The van der Waals surface area contributed by atoms with Gasteiger partial charge >= 0.3 is 12.1 Å². The van der Waals surface area contributed by atoms with Crippen LogP contribution in [0.15, 0.2) is 54.9 Å². The van der Waals surface area contributed by atoms with Gasteiger partial charge in [0.05, 0.1) is 12.1 Å². The number of ether oxygens (including phenoxy) is 1. The Hall–Kier alpha value is -2.98. The summed E-state index contributed by atoms with van der Waals surface area (Å²) in [4.78, 5) is 30.7. The molecule has 178 valence electrons. The average Bonchev–Trinajstić information content (AvgIpc) is 3.22. The highest BCUT2D eigenvalue weighted by Gasteiger charge is 2.46. The molecule has 0 bridgehead atoms. The van der Waals surface area contributed by atoms with Gasteiger partial charge in [0.25, 0.3) is 5.91 Å². The van der Waals surface area contributed by atoms with Gasteiger partial charge in [0.1, 0.15) is 0 Å². The van der Waals surface area contributed by atoms with Gasteiger partial charge in [-0.3, -0.25) is 14.7 Å². The molecule has 0 unspecified atom stereocenters. The van der Waals surface area contributed by atoms with Crippen LogP contribution in [0.25, 0.3) is 0 Å². The van der Waals surface area contributed by atoms with Gasteiger partial charge in [-0.1, -0.05) is 24.3 Å². The third-order valence-electron chi connectivity index (χ3n) is 5.90. The molecule has 7 nitrogen and oxygen atoms in total. The second-order valence-electron chi connectivity index (χ2n) is 8.02. The van der Waals surface area contributed by atoms with Crippen molar-refractivity contribution in [3.63, 3.8) is 0 Å². The highest BCUT2D eigenvalue weighted by atomic mass is 19.4. The van der Waals surface area contributed by atoms with E-state index in [0.717, 1.165) is 38.2 Å². The molecule has 1 aromatic heterocycles. The number of carboxylic acids is 1. The van der Waals surface area contributed by atoms with Crippen LogP contribution >= 0.6 is 0 Å². The van der Waals surface area contributed by atoms with Crippen LogP contribution in [0.5, 0.6) is 0 Å². The van der Waals surface area contributed by atoms with Crippen LogP contribution in [0, 0.1) is 5.92 Å². The molecule has 1 aromatic carbocycles. The second-order valence-corrected chi connectivity index (χ2v) is 8.02. The number of pyridine rings is 1. The lowest BCUT2D eigenvalue weighted by Gasteiger charge is -2.41. The molecule has 1 amide bonds. The van der Waals surface area contributed by atoms with Gasteiger partial charge in [0, 0.05) is 57.2 Å². The van der Waals surface area contributed by atoms with Gasteiger partial charge in [-0.15, -0.1) is 0 Å². The van der Waals surface area contributed by atoms with Crippen LogP contribution in [0.1, 0.15) is 22.3 Å². The Labute approximate surface area is 189 Å². The zero-order chi connectivity index (χ0) is 24.0. The molecule has 0 radical (unpaired) electrons. The normalized spacial score (nSPS) is 22.8. The fraction of sp³-hybridized carbons (Fsp3) is 0.435. The Kier molecular flexibility index (Phi) is 8.04. The number of hydrogen-bond donors (Lipinski definition) is 1. The highest BCUT2D eigenvalue weighted by Crippen LogP contribution is 2.34. The molecule has 2 aliphatic rings. The molecule has 10 heteroatoms. The fourth-order valence-corrected chi connectivity index (χ4v) is 4.41. The maximum absolute atomic E-state index is 13.1. The quantitative estimate of drug-likeness (QED) is 0.748. The van der Waals surface area contributed by atoms with E-state index >= 15 is 0 Å². The number of carboxylic acid groups (broad SMARTS) is 1. The van der Waals surface area contributed by atoms with Crippen LogP contribution in [-0.2, 0) is 16.1 Å². The third-order valence-corrected chi connectivity index (χ3v) is 5.90. The number of aromatic nitrogens is 1. The monoisotopic (exact) mass is 465 g/mol. The molecule has 3 atom stereocenters. The number of carbonyl (C=O) groups excluding carboxylic acids is 1. The molecule has 3 heterocycles. The molecule has 2 aromatic rings. The van der Waals surface area contributed by atoms with Crippen molar-refractivity contribution < 1.29 is 32.6 Å². The van der Waals surface area contributed by atoms with Gasteiger partial charge in [0.15, 0.2) is 0 Å². The van der Waals surface area contributed by atoms with Gasteiger partial charge in [-0.05, 0) is 30.2 Å². The topological polar surface area (TPSA) is 83.0 Å². The summed E-state index contributed by atoms with van der Waals surface area (Å²) < 4.78 is 37.5. The van der Waals surface area contributed by atoms with Crippen LogP contribution in [0.4, 0.5) is 13.2 Å². The van der Waals surface area contributed by atoms with Crippen LogP contribution in [-0.4, -0.2) is 76.8 Å². The summed E-state index contributed by atoms with van der Waals surface area (Å²) in [6.07, 6.45) is -0.243. The zero-order valence-electron chi connectivity index (χ0n) is 18.1. The predicted molar refractivity (Wildman–Crippen MR) is 113 cm³/mol. The Morgan fingerprint density at radius 3 is 2.42 bits per heavy atom. The van der Waals surface area contributed by atoms with E-state index < -0.39 is 12.1 Å². The highest BCUT2D eigenvalue weighted by molar-refractivity contribution is 5.94. The number of nitrogens with zero attached hydrogens (tertiary/aromatic N) is 3. The number of benzene rings is 1. The number of aliphatic carboxylic acids is 1. The van der Waals surface area contributed by atoms with E-state index in [1.54, 1.807) is 13.3 Å². The molecule has 0 aliphatic carbocycles. The van der Waals surface area contributed by atoms with Gasteiger partial charge < -0.3 is 14.7 Å². The first-order valence-corrected chi connectivity index (χ1v) is 10.5. The fourth-order valence-electron chi connectivity index (χ4n) is 4.41. The van der Waals surface area contributed by atoms with E-state index in [1.165, 1.54) is 5.56 Å². The number of rotatable bonds is 4. The number of fused-ring (bicyclic) bond motifs is 1. The smallest absolute Gasteiger partial charge is 0.475 e. The number of amides is 1. The minimum Gasteiger partial charge on any atom is -0.475 e. The Bertz CT molecular complexity index is 928. The predicted octanol–water partition coefficient (Wildman–Crippen LogP) is 3.08. The maximum atomic E-state index is 13.1. The molecule has 0 saturated carbocycles. The van der Waals surface area contributed by atoms with Crippen molar-refractivity contribution in [2.24, 2.45) is 5.92 Å². The Morgan fingerprint density at radius 2 is 1.85 bits per heavy atom. The molecule has 4 rings (SSSR count). The van der Waals surface area contributed by atoms with Gasteiger partial charge in [0.2, 0.25) is 0 Å². The van der Waals surface area contributed by atoms with Crippen molar-refractivity contribution in [2.75, 3.05) is 26.7 Å². The number of halogens is 3. The van der Waals surface area contributed by atoms with E-state index in [0.29, 0.717) is 5.92 Å². The molecular weight excluding hydrogens is 439 g/mol. The lowest BCUT2D eigenvalue weighted by atomic mass is 9.88. The van der Waals surface area contributed by atoms with Crippen molar-refractivity contribution in [1.29, 1.82) is 0 Å². The van der Waals surface area contributed by atoms with E-state index in [9.17, 15) is 18.0 Å². The van der Waals surface area contributed by atoms with Crippen molar-refractivity contribution in [1.82, 2.24) is 14.8 Å². The number of likely N-dealkylation sites (tertiary alicyclic amines) is 2. The second kappa shape index (κ2) is 10.8. The minimum atomic E-state index is -5.08. The standard InChI is InChI=1S/C21H25N3O2.C2HF3O2/c1-26-20-9-11-24(21(25)17-7-3-2-4-8-17)19-15-23(14-18(19)20)13-16-6-5-10-22-12-16;3-2(4,5)1(6)7/h2-8,10,12,18-20H,9,11,13-15H2,1H3;(H,6,7)/t18-,19+,20+;/m0./s1. The largest absolute Gasteiger partial charge is 0.490 e. The summed E-state index contributed by atoms with van der Waals surface area (Å²) in [5.41, 5.74) is 1.98. The first kappa shape index (κ1) is 24.7. The first-order valence-electron chi connectivity index (χ1n) is 10.5. The lowest BCUT2D eigenvalue weighted by Crippen LogP contribution is -2.53. The summed E-state index contributed by atoms with van der Waals surface area (Å²) in [5, 5.41) is 7.12. The van der Waals surface area contributed by atoms with E-state index in [-0.39, 0.29) is 18.1 Å². The van der Waals surface area contributed by atoms with Crippen molar-refractivity contribution in [3.8, 4) is 0 Å². The van der Waals surface area contributed by atoms with Crippen LogP contribution in [0.2, 0.25) is 0 Å². The summed E-state index contributed by atoms with van der Waals surface area (Å²) in [5.74, 6) is -2.26. The van der Waals surface area contributed by atoms with Gasteiger partial charge in [-0.2, -0.15) is 13.2 Å². The van der Waals surface area contributed by atoms with E-state index in [2.05, 4.69) is 20.9 Å². The molecule has 2 fully saturated rings. The maximum Gasteiger partial charge on any atom is 0.490 e. The summed E-state index contributed by atoms with van der Waals surface area (Å²) in [6.45, 7) is 3.47. The molecule has 0 spiro atoms. The van der Waals surface area contributed by atoms with E-state index in [1.807, 2.05) is 42.6 Å². The average molecular weight is 465 g/mol. The zero-order valence-corrected chi connectivity index (χ0v) is 18.1. The first-order chi connectivity index (χ1) is 15.7. The molecule has 33 heavy (non-hydrogen) atoms. The summed E-state index contributed by atoms with van der Waals surface area (Å²) in [7, 11) is 1.79. The third kappa shape index (κ3) is 6.29. The lowest BCUT2D eigenvalue weighted by molar-refractivity contribution is -0.192. The number of alkyl halides is 3. The number of hydrogen-bond acceptors (Lipinski definition) is 5. The SMILES string of the molecule is CO[C@@H]1CCN(C(=O)c2ccccc2)[C@@H]2CN(Cc3cccnc3)C[C@@H]21.O=C(O)C(F)(F)F. The van der Waals surface area contributed by atoms with Crippen molar-refractivity contribution in [3.05, 3.63) is 66.0 Å². The molecule has 2 aliphatic heterocycles. The Morgan fingerprint density at radius 1 is 1.15 bits per heavy atom. The summed E-state index contributed by atoms with van der Waals surface area (Å²) in [6, 6.07) is 13.9. The number of carbonyl (C=O) groups is 2. The van der Waals surface area contributed by atoms with Crippen LogP contribution in [0.3, 0.4) is 0 Å². The summed E-state index contributed by atoms with van der Waals surface area (Å²) >= 11 is 0. The van der Waals surface area contributed by atoms with E-state index in [4.69, 9.17) is 14.6 Å². The van der Waals surface area contributed by atoms with Crippen LogP contribution < -0.4 is 0 Å². The minimum absolute atomic E-state index is 0.137. The molecule has 2 saturated heterocycles. The molecule has 1 N–H and O–H groups in total.